The second-order valence-electron chi connectivity index (χ2n) is 3.93. The predicted molar refractivity (Wildman–Crippen MR) is 75.9 cm³/mol. The largest absolute Gasteiger partial charge is 0.488 e. The first-order chi connectivity index (χ1) is 9.76. The molecule has 0 aliphatic carbocycles. The molecule has 2 aromatic rings. The summed E-state index contributed by atoms with van der Waals surface area (Å²) in [6, 6.07) is 3.28. The number of nitrogens with zero attached hydrogens (tertiary/aromatic N) is 1. The van der Waals surface area contributed by atoms with Gasteiger partial charge in [0.2, 0.25) is 0 Å². The summed E-state index contributed by atoms with van der Waals surface area (Å²) >= 11 is 5.62. The third-order valence-corrected chi connectivity index (χ3v) is 2.74. The van der Waals surface area contributed by atoms with Crippen LogP contribution in [-0.2, 0) is 4.74 Å². The zero-order valence-corrected chi connectivity index (χ0v) is 11.8. The number of fused-ring (bicyclic) bond motifs is 1. The van der Waals surface area contributed by atoms with Crippen LogP contribution in [0.25, 0.3) is 10.9 Å². The highest BCUT2D eigenvalue weighted by atomic mass is 35.5. The van der Waals surface area contributed by atoms with Crippen molar-refractivity contribution in [3.8, 4) is 11.5 Å². The van der Waals surface area contributed by atoms with Gasteiger partial charge in [-0.25, -0.2) is 4.98 Å². The van der Waals surface area contributed by atoms with Crippen LogP contribution in [0.4, 0.5) is 0 Å². The van der Waals surface area contributed by atoms with Crippen LogP contribution >= 0.6 is 11.6 Å². The van der Waals surface area contributed by atoms with E-state index in [1.807, 2.05) is 0 Å². The van der Waals surface area contributed by atoms with Gasteiger partial charge in [-0.2, -0.15) is 0 Å². The standard InChI is InChI=1S/C13H15ClN2O4/c1-18-4-5-20-11-6-9-10(15-8-16-13(9)17)7-12(11)19-3-2-14/h6-8H,2-5H2,1H3,(H,15,16,17). The van der Waals surface area contributed by atoms with Crippen molar-refractivity contribution in [1.29, 1.82) is 0 Å². The third-order valence-electron chi connectivity index (χ3n) is 2.59. The molecule has 6 nitrogen and oxygen atoms in total. The molecule has 0 unspecified atom stereocenters. The Hall–Kier alpha value is -1.79. The fraction of sp³-hybridized carbons (Fsp3) is 0.385. The van der Waals surface area contributed by atoms with E-state index in [0.717, 1.165) is 0 Å². The van der Waals surface area contributed by atoms with Crippen LogP contribution < -0.4 is 15.0 Å². The maximum absolute atomic E-state index is 11.7. The molecule has 0 amide bonds. The lowest BCUT2D eigenvalue weighted by molar-refractivity contribution is 0.143. The summed E-state index contributed by atoms with van der Waals surface area (Å²) in [7, 11) is 1.59. The monoisotopic (exact) mass is 298 g/mol. The second kappa shape index (κ2) is 7.12. The minimum Gasteiger partial charge on any atom is -0.488 e. The lowest BCUT2D eigenvalue weighted by atomic mass is 10.2. The number of H-pyrrole nitrogens is 1. The number of aromatic nitrogens is 2. The highest BCUT2D eigenvalue weighted by Gasteiger charge is 2.10. The molecule has 0 fully saturated rings. The molecule has 0 aliphatic rings. The molecule has 0 bridgehead atoms. The van der Waals surface area contributed by atoms with Gasteiger partial charge in [-0.05, 0) is 6.07 Å². The number of ether oxygens (including phenoxy) is 3. The molecule has 0 spiro atoms. The summed E-state index contributed by atoms with van der Waals surface area (Å²) < 4.78 is 16.0. The number of aromatic amines is 1. The lowest BCUT2D eigenvalue weighted by Crippen LogP contribution is -2.10. The summed E-state index contributed by atoms with van der Waals surface area (Å²) in [6.45, 7) is 1.14. The summed E-state index contributed by atoms with van der Waals surface area (Å²) in [5.41, 5.74) is 0.313. The van der Waals surface area contributed by atoms with Crippen molar-refractivity contribution in [2.75, 3.05) is 32.8 Å². The fourth-order valence-corrected chi connectivity index (χ4v) is 1.76. The fourth-order valence-electron chi connectivity index (χ4n) is 1.69. The van der Waals surface area contributed by atoms with Gasteiger partial charge >= 0.3 is 0 Å². The molecule has 1 aromatic carbocycles. The van der Waals surface area contributed by atoms with E-state index in [0.29, 0.717) is 48.1 Å². The first kappa shape index (κ1) is 14.6. The molecule has 0 atom stereocenters. The van der Waals surface area contributed by atoms with Gasteiger partial charge in [0.05, 0.1) is 29.7 Å². The molecule has 108 valence electrons. The summed E-state index contributed by atoms with van der Waals surface area (Å²) in [6.07, 6.45) is 1.35. The van der Waals surface area contributed by atoms with Crippen molar-refractivity contribution in [3.63, 3.8) is 0 Å². The molecular weight excluding hydrogens is 284 g/mol. The molecule has 0 radical (unpaired) electrons. The van der Waals surface area contributed by atoms with Crippen molar-refractivity contribution in [1.82, 2.24) is 9.97 Å². The van der Waals surface area contributed by atoms with E-state index < -0.39 is 0 Å². The van der Waals surface area contributed by atoms with Crippen molar-refractivity contribution in [2.24, 2.45) is 0 Å². The Balaban J connectivity index is 2.38. The van der Waals surface area contributed by atoms with Gasteiger partial charge in [-0.15, -0.1) is 11.6 Å². The van der Waals surface area contributed by atoms with Gasteiger partial charge < -0.3 is 19.2 Å². The van der Waals surface area contributed by atoms with Crippen LogP contribution in [0.2, 0.25) is 0 Å². The van der Waals surface area contributed by atoms with Gasteiger partial charge in [0.1, 0.15) is 13.2 Å². The second-order valence-corrected chi connectivity index (χ2v) is 4.30. The molecule has 0 aliphatic heterocycles. The Morgan fingerprint density at radius 2 is 1.95 bits per heavy atom. The highest BCUT2D eigenvalue weighted by Crippen LogP contribution is 2.30. The molecule has 0 saturated heterocycles. The molecule has 1 aromatic heterocycles. The Kier molecular flexibility index (Phi) is 5.20. The van der Waals surface area contributed by atoms with Gasteiger partial charge in [-0.3, -0.25) is 4.79 Å². The summed E-state index contributed by atoms with van der Waals surface area (Å²) in [5.74, 6) is 1.34. The number of hydrogen-bond acceptors (Lipinski definition) is 5. The van der Waals surface area contributed by atoms with Crippen LogP contribution in [0.5, 0.6) is 11.5 Å². The van der Waals surface area contributed by atoms with Crippen molar-refractivity contribution in [2.45, 2.75) is 0 Å². The summed E-state index contributed by atoms with van der Waals surface area (Å²) in [4.78, 5) is 18.4. The van der Waals surface area contributed by atoms with E-state index in [2.05, 4.69) is 9.97 Å². The van der Waals surface area contributed by atoms with E-state index in [1.165, 1.54) is 6.33 Å². The lowest BCUT2D eigenvalue weighted by Gasteiger charge is -2.12. The molecule has 1 heterocycles. The number of methoxy groups -OCH3 is 1. The van der Waals surface area contributed by atoms with E-state index in [9.17, 15) is 4.79 Å². The molecule has 20 heavy (non-hydrogen) atoms. The number of halogens is 1. The normalized spacial score (nSPS) is 10.7. The number of alkyl halides is 1. The third kappa shape index (κ3) is 3.40. The quantitative estimate of drug-likeness (QED) is 0.620. The first-order valence-corrected chi connectivity index (χ1v) is 6.61. The topological polar surface area (TPSA) is 73.4 Å². The predicted octanol–water partition coefficient (Wildman–Crippen LogP) is 1.57. The Labute approximate surface area is 120 Å². The van der Waals surface area contributed by atoms with Crippen LogP contribution in [0.3, 0.4) is 0 Å². The Morgan fingerprint density at radius 1 is 1.20 bits per heavy atom. The number of hydrogen-bond donors (Lipinski definition) is 1. The number of nitrogens with one attached hydrogen (secondary N) is 1. The van der Waals surface area contributed by atoms with Crippen molar-refractivity contribution >= 4 is 22.5 Å². The smallest absolute Gasteiger partial charge is 0.258 e. The number of benzene rings is 1. The zero-order valence-electron chi connectivity index (χ0n) is 11.0. The summed E-state index contributed by atoms with van der Waals surface area (Å²) in [5, 5.41) is 0.443. The van der Waals surface area contributed by atoms with Crippen LogP contribution in [-0.4, -0.2) is 42.8 Å². The van der Waals surface area contributed by atoms with E-state index >= 15 is 0 Å². The highest BCUT2D eigenvalue weighted by molar-refractivity contribution is 6.18. The van der Waals surface area contributed by atoms with Crippen LogP contribution in [0.1, 0.15) is 0 Å². The number of rotatable bonds is 7. The minimum atomic E-state index is -0.226. The van der Waals surface area contributed by atoms with Gasteiger partial charge in [0.25, 0.3) is 5.56 Å². The van der Waals surface area contributed by atoms with Gasteiger partial charge in [0.15, 0.2) is 11.5 Å². The van der Waals surface area contributed by atoms with Gasteiger partial charge in [0, 0.05) is 13.2 Å². The SMILES string of the molecule is COCCOc1cc2c(=O)[nH]cnc2cc1OCCCl. The molecule has 0 saturated carbocycles. The molecule has 2 rings (SSSR count). The van der Waals surface area contributed by atoms with Crippen molar-refractivity contribution < 1.29 is 14.2 Å². The maximum Gasteiger partial charge on any atom is 0.258 e. The average Bonchev–Trinajstić information content (AvgIpc) is 2.46. The van der Waals surface area contributed by atoms with Gasteiger partial charge in [-0.1, -0.05) is 0 Å². The van der Waals surface area contributed by atoms with Crippen LogP contribution in [0, 0.1) is 0 Å². The van der Waals surface area contributed by atoms with Crippen LogP contribution in [0.15, 0.2) is 23.3 Å². The van der Waals surface area contributed by atoms with E-state index in [1.54, 1.807) is 19.2 Å². The maximum atomic E-state index is 11.7. The molecular formula is C13H15ClN2O4. The van der Waals surface area contributed by atoms with E-state index in [4.69, 9.17) is 25.8 Å². The Bertz CT molecular complexity index is 629. The Morgan fingerprint density at radius 3 is 2.70 bits per heavy atom. The zero-order chi connectivity index (χ0) is 14.4. The minimum absolute atomic E-state index is 0.226. The van der Waals surface area contributed by atoms with E-state index in [-0.39, 0.29) is 5.56 Å². The average molecular weight is 299 g/mol. The first-order valence-electron chi connectivity index (χ1n) is 6.08. The molecule has 1 N–H and O–H groups in total. The molecule has 7 heteroatoms. The van der Waals surface area contributed by atoms with Crippen molar-refractivity contribution in [3.05, 3.63) is 28.8 Å².